The Balaban J connectivity index is 1.69. The highest BCUT2D eigenvalue weighted by Gasteiger charge is 2.39. The van der Waals surface area contributed by atoms with Gasteiger partial charge in [0.15, 0.2) is 0 Å². The van der Waals surface area contributed by atoms with E-state index in [-0.39, 0.29) is 6.61 Å². The van der Waals surface area contributed by atoms with E-state index in [9.17, 15) is 13.4 Å². The summed E-state index contributed by atoms with van der Waals surface area (Å²) in [5.41, 5.74) is 0.870. The lowest BCUT2D eigenvalue weighted by molar-refractivity contribution is 0.139. The summed E-state index contributed by atoms with van der Waals surface area (Å²) in [6.45, 7) is 0.158. The fraction of sp³-hybridized carbons (Fsp3) is 0.364. The van der Waals surface area contributed by atoms with Crippen LogP contribution in [0.3, 0.4) is 0 Å². The van der Waals surface area contributed by atoms with Crippen molar-refractivity contribution >= 4 is 13.4 Å². The van der Waals surface area contributed by atoms with Crippen molar-refractivity contribution in [1.82, 2.24) is 5.32 Å². The van der Waals surface area contributed by atoms with Gasteiger partial charge in [0.05, 0.1) is 0 Å². The van der Waals surface area contributed by atoms with Crippen LogP contribution in [0.1, 0.15) is 12.0 Å². The van der Waals surface area contributed by atoms with Crippen LogP contribution < -0.4 is 5.32 Å². The lowest BCUT2D eigenvalue weighted by Gasteiger charge is -2.08. The smallest absolute Gasteiger partial charge is 0.407 e. The molecule has 1 aromatic carbocycles. The van der Waals surface area contributed by atoms with Crippen LogP contribution in [0.2, 0.25) is 5.82 Å². The first-order valence-electron chi connectivity index (χ1n) is 5.59. The van der Waals surface area contributed by atoms with Gasteiger partial charge in [0.2, 0.25) is 0 Å². The third-order valence-corrected chi connectivity index (χ3v) is 2.83. The van der Waals surface area contributed by atoms with Crippen molar-refractivity contribution in [2.45, 2.75) is 24.9 Å². The van der Waals surface area contributed by atoms with Crippen LogP contribution in [-0.4, -0.2) is 19.4 Å². The van der Waals surface area contributed by atoms with Gasteiger partial charge in [-0.05, 0) is 5.56 Å². The van der Waals surface area contributed by atoms with Crippen molar-refractivity contribution in [2.24, 2.45) is 0 Å². The molecule has 0 bridgehead atoms. The number of rotatable bonds is 4. The van der Waals surface area contributed by atoms with Crippen LogP contribution in [0.25, 0.3) is 0 Å². The summed E-state index contributed by atoms with van der Waals surface area (Å²) in [5, 5.41) is 2.44. The zero-order chi connectivity index (χ0) is 12.3. The predicted octanol–water partition coefficient (Wildman–Crippen LogP) is 2.21. The lowest BCUT2D eigenvalue weighted by Crippen LogP contribution is -2.27. The summed E-state index contributed by atoms with van der Waals surface area (Å²) >= 11 is 0. The summed E-state index contributed by atoms with van der Waals surface area (Å²) in [5.74, 6) is -0.626. The first kappa shape index (κ1) is 11.9. The minimum absolute atomic E-state index is 0.158. The minimum Gasteiger partial charge on any atom is -0.481 e. The second kappa shape index (κ2) is 5.16. The number of nitrogens with one attached hydrogen (secondary N) is 1. The first-order chi connectivity index (χ1) is 8.16. The van der Waals surface area contributed by atoms with Crippen LogP contribution in [0.15, 0.2) is 30.3 Å². The molecule has 0 unspecified atom stereocenters. The van der Waals surface area contributed by atoms with Crippen molar-refractivity contribution in [2.75, 3.05) is 0 Å². The molecule has 0 heterocycles. The molecular formula is C11H13BF2NO2-. The maximum atomic E-state index is 12.3. The third kappa shape index (κ3) is 3.44. The molecule has 1 saturated carbocycles. The number of benzene rings is 1. The Morgan fingerprint density at radius 2 is 2.12 bits per heavy atom. The Labute approximate surface area is 98.3 Å². The maximum Gasteiger partial charge on any atom is 0.407 e. The molecule has 2 rings (SSSR count). The average Bonchev–Trinajstić information content (AvgIpc) is 3.07. The zero-order valence-electron chi connectivity index (χ0n) is 9.24. The topological polar surface area (TPSA) is 38.3 Å². The molecule has 1 fully saturated rings. The van der Waals surface area contributed by atoms with Crippen LogP contribution in [0, 0.1) is 0 Å². The number of halogens is 2. The Kier molecular flexibility index (Phi) is 3.61. The highest BCUT2D eigenvalue weighted by Crippen LogP contribution is 2.40. The predicted molar refractivity (Wildman–Crippen MR) is 61.3 cm³/mol. The molecule has 0 aliphatic heterocycles. The standard InChI is InChI=1S/C11H13BF2NO2/c13-12(14)9-6-10(9)15-11(16)17-7-8-4-2-1-3-5-8/h1-5,9-10,12H,6-7H2,(H,15,16)/q-1/t9-,10-/m0/s1. The molecule has 1 aliphatic rings. The maximum absolute atomic E-state index is 12.3. The van der Waals surface area contributed by atoms with E-state index >= 15 is 0 Å². The van der Waals surface area contributed by atoms with Crippen molar-refractivity contribution in [3.63, 3.8) is 0 Å². The van der Waals surface area contributed by atoms with Crippen molar-refractivity contribution in [1.29, 1.82) is 0 Å². The quantitative estimate of drug-likeness (QED) is 0.819. The Morgan fingerprint density at radius 3 is 2.71 bits per heavy atom. The van der Waals surface area contributed by atoms with Gasteiger partial charge in [-0.2, -0.15) is 0 Å². The fourth-order valence-electron chi connectivity index (χ4n) is 1.68. The van der Waals surface area contributed by atoms with Crippen molar-refractivity contribution in [3.05, 3.63) is 35.9 Å². The number of alkyl carbamates (subject to hydrolysis) is 1. The van der Waals surface area contributed by atoms with Crippen LogP contribution in [-0.2, 0) is 11.3 Å². The summed E-state index contributed by atoms with van der Waals surface area (Å²) in [6.07, 6.45) is -0.255. The molecule has 0 spiro atoms. The molecular weight excluding hydrogens is 227 g/mol. The fourth-order valence-corrected chi connectivity index (χ4v) is 1.68. The number of ether oxygens (including phenoxy) is 1. The van der Waals surface area contributed by atoms with Gasteiger partial charge in [0, 0.05) is 6.04 Å². The molecule has 17 heavy (non-hydrogen) atoms. The monoisotopic (exact) mass is 240 g/mol. The van der Waals surface area contributed by atoms with E-state index in [0.29, 0.717) is 6.42 Å². The van der Waals surface area contributed by atoms with E-state index < -0.39 is 25.2 Å². The van der Waals surface area contributed by atoms with Gasteiger partial charge in [0.25, 0.3) is 7.27 Å². The molecule has 0 saturated heterocycles. The number of hydrogen-bond acceptors (Lipinski definition) is 2. The summed E-state index contributed by atoms with van der Waals surface area (Å²) < 4.78 is 29.4. The van der Waals surface area contributed by atoms with E-state index in [1.807, 2.05) is 30.3 Å². The molecule has 1 aliphatic carbocycles. The second-order valence-electron chi connectivity index (χ2n) is 4.22. The molecule has 1 N–H and O–H groups in total. The second-order valence-corrected chi connectivity index (χ2v) is 4.22. The first-order valence-corrected chi connectivity index (χ1v) is 5.59. The number of carbonyl (C=O) groups excluding carboxylic acids is 1. The molecule has 0 radical (unpaired) electrons. The molecule has 1 aromatic rings. The van der Waals surface area contributed by atoms with Gasteiger partial charge in [0.1, 0.15) is 6.61 Å². The Hall–Kier alpha value is -1.59. The molecule has 0 aromatic heterocycles. The zero-order valence-corrected chi connectivity index (χ0v) is 9.24. The SMILES string of the molecule is O=C(N[C@H]1C[C@@H]1[BH-](F)F)OCc1ccccc1. The third-order valence-electron chi connectivity index (χ3n) is 2.83. The summed E-state index contributed by atoms with van der Waals surface area (Å²) in [4.78, 5) is 11.3. The van der Waals surface area contributed by atoms with Crippen molar-refractivity contribution in [3.8, 4) is 0 Å². The lowest BCUT2D eigenvalue weighted by atomic mass is 9.90. The average molecular weight is 240 g/mol. The molecule has 92 valence electrons. The van der Waals surface area contributed by atoms with Gasteiger partial charge in [-0.1, -0.05) is 42.6 Å². The Morgan fingerprint density at radius 1 is 1.41 bits per heavy atom. The number of carbonyl (C=O) groups is 1. The Bertz CT molecular complexity index is 388. The molecule has 1 amide bonds. The van der Waals surface area contributed by atoms with Crippen LogP contribution >= 0.6 is 0 Å². The van der Waals surface area contributed by atoms with E-state index in [2.05, 4.69) is 5.32 Å². The summed E-state index contributed by atoms with van der Waals surface area (Å²) in [6, 6.07) is 8.81. The van der Waals surface area contributed by atoms with Crippen LogP contribution in [0.4, 0.5) is 13.4 Å². The van der Waals surface area contributed by atoms with E-state index in [4.69, 9.17) is 4.74 Å². The van der Waals surface area contributed by atoms with Gasteiger partial charge >= 0.3 is 6.09 Å². The highest BCUT2D eigenvalue weighted by molar-refractivity contribution is 6.46. The molecule has 3 nitrogen and oxygen atoms in total. The van der Waals surface area contributed by atoms with Gasteiger partial charge in [-0.15, -0.1) is 0 Å². The molecule has 2 atom stereocenters. The van der Waals surface area contributed by atoms with Gasteiger partial charge in [-0.3, -0.25) is 0 Å². The largest absolute Gasteiger partial charge is 0.481 e. The molecule has 6 heteroatoms. The van der Waals surface area contributed by atoms with Gasteiger partial charge < -0.3 is 18.7 Å². The highest BCUT2D eigenvalue weighted by atomic mass is 19.2. The van der Waals surface area contributed by atoms with E-state index in [1.165, 1.54) is 0 Å². The van der Waals surface area contributed by atoms with E-state index in [0.717, 1.165) is 5.56 Å². The minimum atomic E-state index is -3.11. The van der Waals surface area contributed by atoms with Gasteiger partial charge in [-0.25, -0.2) is 4.79 Å². The number of amides is 1. The number of hydrogen-bond donors (Lipinski definition) is 1. The normalized spacial score (nSPS) is 22.3. The van der Waals surface area contributed by atoms with Crippen molar-refractivity contribution < 1.29 is 18.2 Å². The summed E-state index contributed by atoms with van der Waals surface area (Å²) in [7, 11) is -3.11. The van der Waals surface area contributed by atoms with E-state index in [1.54, 1.807) is 0 Å². The van der Waals surface area contributed by atoms with Crippen LogP contribution in [0.5, 0.6) is 0 Å².